The molecule has 276 valence electrons. The molecular formula is C35H62N4O9. The first-order valence-corrected chi connectivity index (χ1v) is 18.0. The van der Waals surface area contributed by atoms with E-state index in [0.717, 1.165) is 13.0 Å². The van der Waals surface area contributed by atoms with E-state index in [1.807, 2.05) is 39.8 Å². The van der Waals surface area contributed by atoms with Crippen molar-refractivity contribution in [2.24, 2.45) is 17.8 Å². The molecule has 4 N–H and O–H groups in total. The van der Waals surface area contributed by atoms with Crippen LogP contribution in [-0.4, -0.2) is 128 Å². The highest BCUT2D eigenvalue weighted by molar-refractivity contribution is 6.00. The first kappa shape index (κ1) is 38.9. The van der Waals surface area contributed by atoms with Crippen LogP contribution in [0.15, 0.2) is 0 Å². The summed E-state index contributed by atoms with van der Waals surface area (Å²) >= 11 is 0. The Morgan fingerprint density at radius 1 is 1.10 bits per heavy atom. The van der Waals surface area contributed by atoms with Gasteiger partial charge in [0, 0.05) is 31.2 Å². The van der Waals surface area contributed by atoms with Crippen molar-refractivity contribution in [3.8, 4) is 0 Å². The number of hydrogen-bond donors (Lipinski definition) is 4. The van der Waals surface area contributed by atoms with E-state index in [0.29, 0.717) is 31.8 Å². The molecule has 4 aliphatic rings. The molecule has 1 saturated carbocycles. The van der Waals surface area contributed by atoms with Crippen molar-refractivity contribution in [2.45, 2.75) is 153 Å². The zero-order valence-electron chi connectivity index (χ0n) is 30.7. The van der Waals surface area contributed by atoms with E-state index >= 15 is 0 Å². The third-order valence-electron chi connectivity index (χ3n) is 11.2. The minimum absolute atomic E-state index is 0.0328. The number of nitrogens with zero attached hydrogens (tertiary/aromatic N) is 1. The molecule has 0 radical (unpaired) electrons. The third kappa shape index (κ3) is 8.70. The van der Waals surface area contributed by atoms with E-state index in [9.17, 15) is 19.5 Å². The van der Waals surface area contributed by atoms with Crippen LogP contribution in [0.2, 0.25) is 0 Å². The van der Waals surface area contributed by atoms with Gasteiger partial charge in [-0.2, -0.15) is 0 Å². The van der Waals surface area contributed by atoms with Gasteiger partial charge in [-0.3, -0.25) is 9.59 Å². The summed E-state index contributed by atoms with van der Waals surface area (Å²) in [5.74, 6) is -3.01. The number of amides is 1. The van der Waals surface area contributed by atoms with Gasteiger partial charge >= 0.3 is 12.1 Å². The minimum Gasteiger partial charge on any atom is -0.458 e. The summed E-state index contributed by atoms with van der Waals surface area (Å²) < 4.78 is 31.2. The molecule has 3 aliphatic heterocycles. The number of alkyl carbamates (subject to hydrolysis) is 1. The van der Waals surface area contributed by atoms with Crippen molar-refractivity contribution in [1.82, 2.24) is 20.9 Å². The number of esters is 1. The molecule has 13 heteroatoms. The molecule has 1 aliphatic carbocycles. The van der Waals surface area contributed by atoms with Crippen LogP contribution >= 0.6 is 0 Å². The zero-order valence-corrected chi connectivity index (χ0v) is 30.7. The van der Waals surface area contributed by atoms with Gasteiger partial charge in [0.05, 0.1) is 23.9 Å². The number of ether oxygens (including phenoxy) is 5. The number of aliphatic hydroxyl groups is 1. The van der Waals surface area contributed by atoms with Gasteiger partial charge in [0.25, 0.3) is 0 Å². The highest BCUT2D eigenvalue weighted by Gasteiger charge is 2.55. The van der Waals surface area contributed by atoms with Crippen LogP contribution in [0.5, 0.6) is 0 Å². The Labute approximate surface area is 286 Å². The molecule has 3 heterocycles. The van der Waals surface area contributed by atoms with E-state index in [1.54, 1.807) is 21.0 Å². The van der Waals surface area contributed by atoms with Crippen LogP contribution in [0.3, 0.4) is 0 Å². The van der Waals surface area contributed by atoms with Gasteiger partial charge < -0.3 is 49.6 Å². The van der Waals surface area contributed by atoms with Crippen LogP contribution in [0, 0.1) is 17.8 Å². The fourth-order valence-corrected chi connectivity index (χ4v) is 7.94. The standard InChI is InChI=1S/C35H62N4O9/c1-11-26-35(7)29(38-33(43)48-35)22(5)37-18-19(2)17-34(6,44-10)30(20(3)27(40)21(4)31(42)46-26)47-32-28(41)25(39(8)9)16-24(45-32)14-15-36-23-12-13-23/h19-26,28-30,32,36-37,41H,11-18H2,1-10H3,(H,38,43)/t19-,20+,21-,22-,24?,25?,26-,28?,29-,30-,32+,34-,35-/m1/s1. The average molecular weight is 683 g/mol. The van der Waals surface area contributed by atoms with Crippen LogP contribution in [0.4, 0.5) is 4.79 Å². The Balaban J connectivity index is 1.65. The van der Waals surface area contributed by atoms with Gasteiger partial charge in [0.15, 0.2) is 17.7 Å². The lowest BCUT2D eigenvalue weighted by Crippen LogP contribution is -2.60. The average Bonchev–Trinajstić information content (AvgIpc) is 3.81. The number of Topliss-reactive ketones (excluding diaryl/α,β-unsaturated/α-hetero) is 1. The quantitative estimate of drug-likeness (QED) is 0.208. The van der Waals surface area contributed by atoms with E-state index in [2.05, 4.69) is 22.9 Å². The van der Waals surface area contributed by atoms with E-state index < -0.39 is 65.7 Å². The maximum Gasteiger partial charge on any atom is 0.408 e. The number of ketones is 1. The van der Waals surface area contributed by atoms with Crippen molar-refractivity contribution in [1.29, 1.82) is 0 Å². The second-order valence-electron chi connectivity index (χ2n) is 15.4. The summed E-state index contributed by atoms with van der Waals surface area (Å²) in [5.41, 5.74) is -2.16. The van der Waals surface area contributed by atoms with Crippen LogP contribution in [0.1, 0.15) is 87.0 Å². The molecule has 3 saturated heterocycles. The van der Waals surface area contributed by atoms with E-state index in [1.165, 1.54) is 19.8 Å². The number of aliphatic hydroxyl groups excluding tert-OH is 1. The van der Waals surface area contributed by atoms with Crippen molar-refractivity contribution in [2.75, 3.05) is 34.3 Å². The number of methoxy groups -OCH3 is 1. The normalized spacial score (nSPS) is 43.5. The van der Waals surface area contributed by atoms with Gasteiger partial charge in [-0.15, -0.1) is 0 Å². The molecular weight excluding hydrogens is 620 g/mol. The van der Waals surface area contributed by atoms with Gasteiger partial charge in [-0.05, 0) is 99.3 Å². The summed E-state index contributed by atoms with van der Waals surface area (Å²) in [7, 11) is 5.46. The zero-order chi connectivity index (χ0) is 35.6. The summed E-state index contributed by atoms with van der Waals surface area (Å²) in [5, 5.41) is 21.6. The number of fused-ring (bicyclic) bond motifs is 1. The number of hydrogen-bond acceptors (Lipinski definition) is 12. The Morgan fingerprint density at radius 3 is 2.40 bits per heavy atom. The van der Waals surface area contributed by atoms with Crippen LogP contribution in [0.25, 0.3) is 0 Å². The number of rotatable bonds is 9. The molecule has 13 atom stereocenters. The Kier molecular flexibility index (Phi) is 13.0. The lowest BCUT2D eigenvalue weighted by atomic mass is 9.78. The number of nitrogens with one attached hydrogen (secondary N) is 3. The van der Waals surface area contributed by atoms with Crippen LogP contribution in [-0.2, 0) is 33.3 Å². The van der Waals surface area contributed by atoms with E-state index in [-0.39, 0.29) is 29.9 Å². The SMILES string of the molecule is CC[C@H]1OC(=O)[C@H](C)C(=O)[C@H](C)[C@@H](O[C@@H]2OC(CCNC3CC3)CC(N(C)C)C2O)[C@](C)(OC)C[C@@H](C)CN[C@H](C)[C@H]2NC(=O)O[C@@]21C. The molecule has 0 bridgehead atoms. The second kappa shape index (κ2) is 16.0. The molecule has 0 spiro atoms. The first-order chi connectivity index (χ1) is 22.5. The molecule has 48 heavy (non-hydrogen) atoms. The largest absolute Gasteiger partial charge is 0.458 e. The minimum atomic E-state index is -1.15. The lowest BCUT2D eigenvalue weighted by Gasteiger charge is -2.47. The van der Waals surface area contributed by atoms with Gasteiger partial charge in [0.1, 0.15) is 18.1 Å². The summed E-state index contributed by atoms with van der Waals surface area (Å²) in [6, 6.07) is -0.365. The molecule has 0 aromatic carbocycles. The monoisotopic (exact) mass is 682 g/mol. The second-order valence-corrected chi connectivity index (χ2v) is 15.4. The lowest BCUT2D eigenvalue weighted by molar-refractivity contribution is -0.298. The number of cyclic esters (lactones) is 1. The molecule has 4 rings (SSSR count). The predicted molar refractivity (Wildman–Crippen MR) is 179 cm³/mol. The molecule has 4 fully saturated rings. The van der Waals surface area contributed by atoms with Crippen molar-refractivity contribution >= 4 is 17.8 Å². The van der Waals surface area contributed by atoms with Crippen molar-refractivity contribution < 1.29 is 43.2 Å². The van der Waals surface area contributed by atoms with Crippen molar-refractivity contribution in [3.05, 3.63) is 0 Å². The van der Waals surface area contributed by atoms with Crippen molar-refractivity contribution in [3.63, 3.8) is 0 Å². The summed E-state index contributed by atoms with van der Waals surface area (Å²) in [6.07, 6.45) is 0.276. The van der Waals surface area contributed by atoms with Gasteiger partial charge in [-0.1, -0.05) is 20.8 Å². The van der Waals surface area contributed by atoms with E-state index in [4.69, 9.17) is 23.7 Å². The number of carbonyl (C=O) groups excluding carboxylic acids is 3. The fraction of sp³-hybridized carbons (Fsp3) is 0.914. The smallest absolute Gasteiger partial charge is 0.408 e. The Hall–Kier alpha value is -1.87. The maximum atomic E-state index is 14.2. The Bertz CT molecular complexity index is 1120. The fourth-order valence-electron chi connectivity index (χ4n) is 7.94. The summed E-state index contributed by atoms with van der Waals surface area (Å²) in [6.45, 7) is 14.2. The maximum absolute atomic E-state index is 14.2. The van der Waals surface area contributed by atoms with Gasteiger partial charge in [0.2, 0.25) is 0 Å². The Morgan fingerprint density at radius 2 is 1.79 bits per heavy atom. The van der Waals surface area contributed by atoms with Gasteiger partial charge in [-0.25, -0.2) is 4.79 Å². The highest BCUT2D eigenvalue weighted by atomic mass is 16.7. The topological polar surface area (TPSA) is 157 Å². The third-order valence-corrected chi connectivity index (χ3v) is 11.2. The molecule has 3 unspecified atom stereocenters. The number of likely N-dealkylation sites (N-methyl/N-ethyl adjacent to an activating group) is 1. The highest BCUT2D eigenvalue weighted by Crippen LogP contribution is 2.38. The molecule has 1 amide bonds. The van der Waals surface area contributed by atoms with Crippen LogP contribution < -0.4 is 16.0 Å². The number of carbonyl (C=O) groups is 3. The summed E-state index contributed by atoms with van der Waals surface area (Å²) in [4.78, 5) is 42.3. The molecule has 0 aromatic heterocycles. The molecule has 13 nitrogen and oxygen atoms in total. The first-order valence-electron chi connectivity index (χ1n) is 18.0. The predicted octanol–water partition coefficient (Wildman–Crippen LogP) is 2.37. The molecule has 0 aromatic rings.